The van der Waals surface area contributed by atoms with E-state index in [1.165, 1.54) is 6.07 Å². The van der Waals surface area contributed by atoms with E-state index in [1.807, 2.05) is 13.0 Å². The Morgan fingerprint density at radius 2 is 2.19 bits per heavy atom. The topological polar surface area (TPSA) is 17.1 Å². The van der Waals surface area contributed by atoms with Crippen molar-refractivity contribution < 1.29 is 9.18 Å². The van der Waals surface area contributed by atoms with E-state index in [9.17, 15) is 9.18 Å². The third-order valence-electron chi connectivity index (χ3n) is 2.50. The minimum absolute atomic E-state index is 0.184. The third kappa shape index (κ3) is 3.71. The van der Waals surface area contributed by atoms with E-state index in [2.05, 4.69) is 15.9 Å². The summed E-state index contributed by atoms with van der Waals surface area (Å²) in [4.78, 5) is 11.4. The molecule has 3 heteroatoms. The van der Waals surface area contributed by atoms with Crippen molar-refractivity contribution in [2.24, 2.45) is 0 Å². The van der Waals surface area contributed by atoms with Gasteiger partial charge in [-0.1, -0.05) is 35.0 Å². The fraction of sp³-hybridized carbons (Fsp3) is 0.462. The molecule has 1 atom stereocenters. The summed E-state index contributed by atoms with van der Waals surface area (Å²) in [6.45, 7) is 3.70. The first-order valence-electron chi connectivity index (χ1n) is 5.46. The summed E-state index contributed by atoms with van der Waals surface area (Å²) in [7, 11) is 0. The number of carbonyl (C=O) groups is 1. The van der Waals surface area contributed by atoms with Gasteiger partial charge in [-0.2, -0.15) is 0 Å². The van der Waals surface area contributed by atoms with Gasteiger partial charge < -0.3 is 0 Å². The van der Waals surface area contributed by atoms with Gasteiger partial charge in [0.1, 0.15) is 11.6 Å². The molecule has 0 saturated heterocycles. The molecule has 1 rings (SSSR count). The number of aryl methyl sites for hydroxylation is 1. The highest BCUT2D eigenvalue weighted by molar-refractivity contribution is 9.10. The largest absolute Gasteiger partial charge is 0.298 e. The maximum atomic E-state index is 13.3. The van der Waals surface area contributed by atoms with Crippen molar-refractivity contribution in [2.75, 3.05) is 0 Å². The zero-order valence-corrected chi connectivity index (χ0v) is 11.2. The fourth-order valence-electron chi connectivity index (χ4n) is 1.49. The first-order chi connectivity index (χ1) is 7.54. The molecule has 0 aliphatic rings. The van der Waals surface area contributed by atoms with Gasteiger partial charge in [0.05, 0.1) is 4.83 Å². The predicted molar refractivity (Wildman–Crippen MR) is 67.5 cm³/mol. The molecule has 88 valence electrons. The Hall–Kier alpha value is -0.700. The lowest BCUT2D eigenvalue weighted by atomic mass is 10.0. The Bertz CT molecular complexity index is 376. The van der Waals surface area contributed by atoms with Crippen LogP contribution in [-0.4, -0.2) is 10.6 Å². The summed E-state index contributed by atoms with van der Waals surface area (Å²) in [6.07, 6.45) is 1.98. The Morgan fingerprint density at radius 1 is 1.50 bits per heavy atom. The van der Waals surface area contributed by atoms with Crippen LogP contribution in [0.4, 0.5) is 4.39 Å². The number of hydrogen-bond acceptors (Lipinski definition) is 1. The second kappa shape index (κ2) is 6.14. The van der Waals surface area contributed by atoms with E-state index in [0.29, 0.717) is 18.4 Å². The molecule has 1 nitrogen and oxygen atoms in total. The van der Waals surface area contributed by atoms with E-state index in [-0.39, 0.29) is 16.4 Å². The molecule has 0 aromatic heterocycles. The number of benzene rings is 1. The molecule has 0 bridgehead atoms. The molecule has 1 unspecified atom stereocenters. The summed E-state index contributed by atoms with van der Waals surface area (Å²) in [5.74, 6) is -0.0244. The Balaban J connectivity index is 2.66. The lowest BCUT2D eigenvalue weighted by Gasteiger charge is -2.09. The predicted octanol–water partition coefficient (Wildman–Crippen LogP) is 3.81. The summed E-state index contributed by atoms with van der Waals surface area (Å²) in [5.41, 5.74) is 1.49. The maximum Gasteiger partial charge on any atom is 0.146 e. The van der Waals surface area contributed by atoms with E-state index in [4.69, 9.17) is 0 Å². The summed E-state index contributed by atoms with van der Waals surface area (Å²) >= 11 is 3.35. The standard InChI is InChI=1S/C13H16BrFO/c1-3-4-13(16)11(14)7-10-6-5-9(2)12(15)8-10/h5-6,8,11H,3-4,7H2,1-2H3. The monoisotopic (exact) mass is 286 g/mol. The summed E-state index contributed by atoms with van der Waals surface area (Å²) in [6, 6.07) is 5.11. The smallest absolute Gasteiger partial charge is 0.146 e. The highest BCUT2D eigenvalue weighted by Gasteiger charge is 2.14. The number of alkyl halides is 1. The number of ketones is 1. The molecular formula is C13H16BrFO. The Morgan fingerprint density at radius 3 is 2.75 bits per heavy atom. The summed E-state index contributed by atoms with van der Waals surface area (Å²) in [5, 5.41) is 0. The van der Waals surface area contributed by atoms with Crippen LogP contribution in [-0.2, 0) is 11.2 Å². The van der Waals surface area contributed by atoms with E-state index in [0.717, 1.165) is 12.0 Å². The van der Waals surface area contributed by atoms with Crippen LogP contribution in [0.25, 0.3) is 0 Å². The minimum atomic E-state index is -0.208. The van der Waals surface area contributed by atoms with Crippen LogP contribution in [0.3, 0.4) is 0 Å². The molecule has 0 amide bonds. The lowest BCUT2D eigenvalue weighted by molar-refractivity contribution is -0.118. The normalized spacial score (nSPS) is 12.5. The van der Waals surface area contributed by atoms with Crippen molar-refractivity contribution in [3.63, 3.8) is 0 Å². The van der Waals surface area contributed by atoms with Crippen molar-refractivity contribution in [3.8, 4) is 0 Å². The van der Waals surface area contributed by atoms with Crippen LogP contribution in [0.1, 0.15) is 30.9 Å². The van der Waals surface area contributed by atoms with Gasteiger partial charge in [0, 0.05) is 6.42 Å². The fourth-order valence-corrected chi connectivity index (χ4v) is 2.09. The molecule has 0 spiro atoms. The first-order valence-corrected chi connectivity index (χ1v) is 6.38. The number of halogens is 2. The zero-order valence-electron chi connectivity index (χ0n) is 9.59. The van der Waals surface area contributed by atoms with Crippen molar-refractivity contribution in [3.05, 3.63) is 35.1 Å². The number of carbonyl (C=O) groups excluding carboxylic acids is 1. The second-order valence-corrected chi connectivity index (χ2v) is 5.08. The van der Waals surface area contributed by atoms with Crippen LogP contribution in [0.15, 0.2) is 18.2 Å². The lowest BCUT2D eigenvalue weighted by Crippen LogP contribution is -2.16. The third-order valence-corrected chi connectivity index (χ3v) is 3.33. The molecule has 0 radical (unpaired) electrons. The van der Waals surface area contributed by atoms with E-state index in [1.54, 1.807) is 13.0 Å². The molecule has 0 heterocycles. The van der Waals surface area contributed by atoms with Gasteiger partial charge in [0.25, 0.3) is 0 Å². The van der Waals surface area contributed by atoms with Crippen molar-refractivity contribution in [1.29, 1.82) is 0 Å². The van der Waals surface area contributed by atoms with Gasteiger partial charge in [-0.15, -0.1) is 0 Å². The van der Waals surface area contributed by atoms with Crippen LogP contribution >= 0.6 is 15.9 Å². The number of rotatable bonds is 5. The van der Waals surface area contributed by atoms with Gasteiger partial charge in [-0.3, -0.25) is 4.79 Å². The zero-order chi connectivity index (χ0) is 12.1. The molecule has 1 aromatic carbocycles. The molecule has 1 aromatic rings. The van der Waals surface area contributed by atoms with Crippen molar-refractivity contribution in [2.45, 2.75) is 37.9 Å². The number of hydrogen-bond donors (Lipinski definition) is 0. The minimum Gasteiger partial charge on any atom is -0.298 e. The van der Waals surface area contributed by atoms with Gasteiger partial charge in [-0.05, 0) is 37.0 Å². The molecule has 0 saturated carbocycles. The van der Waals surface area contributed by atoms with Gasteiger partial charge >= 0.3 is 0 Å². The van der Waals surface area contributed by atoms with Gasteiger partial charge in [-0.25, -0.2) is 4.39 Å². The van der Waals surface area contributed by atoms with Crippen LogP contribution < -0.4 is 0 Å². The highest BCUT2D eigenvalue weighted by atomic mass is 79.9. The SMILES string of the molecule is CCCC(=O)C(Br)Cc1ccc(C)c(F)c1. The second-order valence-electron chi connectivity index (χ2n) is 3.97. The number of Topliss-reactive ketones (excluding diaryl/α,β-unsaturated/α-hetero) is 1. The van der Waals surface area contributed by atoms with E-state index < -0.39 is 0 Å². The highest BCUT2D eigenvalue weighted by Crippen LogP contribution is 2.16. The molecule has 0 aliphatic heterocycles. The molecule has 16 heavy (non-hydrogen) atoms. The van der Waals surface area contributed by atoms with Crippen molar-refractivity contribution >= 4 is 21.7 Å². The first kappa shape index (κ1) is 13.4. The van der Waals surface area contributed by atoms with Gasteiger partial charge in [0.15, 0.2) is 0 Å². The molecule has 0 N–H and O–H groups in total. The molecule has 0 fully saturated rings. The van der Waals surface area contributed by atoms with Gasteiger partial charge in [0.2, 0.25) is 0 Å². The molecule has 0 aliphatic carbocycles. The Labute approximate surface area is 104 Å². The summed E-state index contributed by atoms with van der Waals surface area (Å²) < 4.78 is 13.3. The maximum absolute atomic E-state index is 13.3. The Kier molecular flexibility index (Phi) is 5.13. The van der Waals surface area contributed by atoms with Crippen molar-refractivity contribution in [1.82, 2.24) is 0 Å². The van der Waals surface area contributed by atoms with Crippen LogP contribution in [0.5, 0.6) is 0 Å². The average molecular weight is 287 g/mol. The van der Waals surface area contributed by atoms with E-state index >= 15 is 0 Å². The average Bonchev–Trinajstić information content (AvgIpc) is 2.24. The van der Waals surface area contributed by atoms with Crippen LogP contribution in [0.2, 0.25) is 0 Å². The quantitative estimate of drug-likeness (QED) is 0.753. The molecular weight excluding hydrogens is 271 g/mol. The van der Waals surface area contributed by atoms with Crippen LogP contribution in [0, 0.1) is 12.7 Å².